The molecular formula is C20H16FNO3. The number of ether oxygens (including phenoxy) is 1. The number of hydrogen-bond donors (Lipinski definition) is 2. The monoisotopic (exact) mass is 337 g/mol. The molecule has 3 rings (SSSR count). The first kappa shape index (κ1) is 16.5. The summed E-state index contributed by atoms with van der Waals surface area (Å²) < 4.78 is 18.5. The number of benzene rings is 3. The summed E-state index contributed by atoms with van der Waals surface area (Å²) in [6, 6.07) is 19.5. The summed E-state index contributed by atoms with van der Waals surface area (Å²) in [7, 11) is 0. The highest BCUT2D eigenvalue weighted by Crippen LogP contribution is 2.33. The number of phenols is 1. The van der Waals surface area contributed by atoms with Crippen LogP contribution in [0.15, 0.2) is 72.8 Å². The zero-order valence-electron chi connectivity index (χ0n) is 13.3. The van der Waals surface area contributed by atoms with Crippen molar-refractivity contribution in [2.45, 2.75) is 6.54 Å². The molecule has 1 amide bonds. The Morgan fingerprint density at radius 1 is 0.960 bits per heavy atom. The molecular weight excluding hydrogens is 321 g/mol. The van der Waals surface area contributed by atoms with Crippen molar-refractivity contribution in [3.63, 3.8) is 0 Å². The number of hydrogen-bond acceptors (Lipinski definition) is 3. The number of para-hydroxylation sites is 2. The standard InChI is InChI=1S/C20H16FNO3/c21-15-11-9-14(10-12-15)13-22-20(24)17-7-4-8-18(19(17)23)25-16-5-2-1-3-6-16/h1-12,23H,13H2,(H,22,24). The van der Waals surface area contributed by atoms with E-state index in [9.17, 15) is 14.3 Å². The number of aromatic hydroxyl groups is 1. The summed E-state index contributed by atoms with van der Waals surface area (Å²) in [5.74, 6) is -0.260. The van der Waals surface area contributed by atoms with Gasteiger partial charge in [-0.2, -0.15) is 0 Å². The van der Waals surface area contributed by atoms with Gasteiger partial charge in [0.05, 0.1) is 5.56 Å². The molecule has 0 aliphatic heterocycles. The molecule has 0 bridgehead atoms. The van der Waals surface area contributed by atoms with Crippen LogP contribution >= 0.6 is 0 Å². The first-order valence-electron chi connectivity index (χ1n) is 7.71. The Morgan fingerprint density at radius 2 is 1.68 bits per heavy atom. The van der Waals surface area contributed by atoms with Crippen molar-refractivity contribution in [1.29, 1.82) is 0 Å². The molecule has 0 spiro atoms. The quantitative estimate of drug-likeness (QED) is 0.731. The van der Waals surface area contributed by atoms with Crippen LogP contribution in [0, 0.1) is 5.82 Å². The molecule has 25 heavy (non-hydrogen) atoms. The predicted molar refractivity (Wildman–Crippen MR) is 92.2 cm³/mol. The van der Waals surface area contributed by atoms with Gasteiger partial charge in [-0.3, -0.25) is 4.79 Å². The maximum Gasteiger partial charge on any atom is 0.255 e. The van der Waals surface area contributed by atoms with Crippen LogP contribution < -0.4 is 10.1 Å². The molecule has 4 nitrogen and oxygen atoms in total. The van der Waals surface area contributed by atoms with E-state index in [1.165, 1.54) is 18.2 Å². The number of carbonyl (C=O) groups excluding carboxylic acids is 1. The first-order chi connectivity index (χ1) is 12.1. The van der Waals surface area contributed by atoms with Crippen LogP contribution in [0.1, 0.15) is 15.9 Å². The molecule has 0 fully saturated rings. The average Bonchev–Trinajstić information content (AvgIpc) is 2.63. The molecule has 0 aliphatic rings. The molecule has 0 saturated heterocycles. The van der Waals surface area contributed by atoms with Gasteiger partial charge in [-0.05, 0) is 42.0 Å². The lowest BCUT2D eigenvalue weighted by molar-refractivity contribution is 0.0947. The molecule has 2 N–H and O–H groups in total. The maximum atomic E-state index is 12.9. The van der Waals surface area contributed by atoms with Gasteiger partial charge in [0.2, 0.25) is 0 Å². The van der Waals surface area contributed by atoms with Crippen molar-refractivity contribution in [2.75, 3.05) is 0 Å². The van der Waals surface area contributed by atoms with E-state index in [1.807, 2.05) is 18.2 Å². The van der Waals surface area contributed by atoms with Crippen LogP contribution in [-0.4, -0.2) is 11.0 Å². The molecule has 0 saturated carbocycles. The van der Waals surface area contributed by atoms with Crippen molar-refractivity contribution < 1.29 is 19.0 Å². The lowest BCUT2D eigenvalue weighted by Crippen LogP contribution is -2.22. The minimum Gasteiger partial charge on any atom is -0.504 e. The zero-order valence-corrected chi connectivity index (χ0v) is 13.3. The fraction of sp³-hybridized carbons (Fsp3) is 0.0500. The molecule has 3 aromatic carbocycles. The number of nitrogens with one attached hydrogen (secondary N) is 1. The van der Waals surface area contributed by atoms with E-state index < -0.39 is 5.91 Å². The fourth-order valence-electron chi connectivity index (χ4n) is 2.28. The molecule has 0 radical (unpaired) electrons. The average molecular weight is 337 g/mol. The van der Waals surface area contributed by atoms with E-state index in [4.69, 9.17) is 4.74 Å². The molecule has 0 unspecified atom stereocenters. The second-order valence-corrected chi connectivity index (χ2v) is 5.38. The lowest BCUT2D eigenvalue weighted by atomic mass is 10.1. The van der Waals surface area contributed by atoms with Gasteiger partial charge in [0, 0.05) is 6.54 Å². The second-order valence-electron chi connectivity index (χ2n) is 5.38. The maximum absolute atomic E-state index is 12.9. The third-order valence-corrected chi connectivity index (χ3v) is 3.58. The molecule has 0 aromatic heterocycles. The Kier molecular flexibility index (Phi) is 4.95. The van der Waals surface area contributed by atoms with Gasteiger partial charge < -0.3 is 15.2 Å². The summed E-state index contributed by atoms with van der Waals surface area (Å²) in [6.45, 7) is 0.225. The van der Waals surface area contributed by atoms with Crippen molar-refractivity contribution in [2.24, 2.45) is 0 Å². The van der Waals surface area contributed by atoms with Gasteiger partial charge in [0.15, 0.2) is 11.5 Å². The minimum atomic E-state index is -0.444. The van der Waals surface area contributed by atoms with Crippen LogP contribution in [0.3, 0.4) is 0 Å². The molecule has 126 valence electrons. The number of phenolic OH excluding ortho intramolecular Hbond substituents is 1. The SMILES string of the molecule is O=C(NCc1ccc(F)cc1)c1cccc(Oc2ccccc2)c1O. The Morgan fingerprint density at radius 3 is 2.40 bits per heavy atom. The van der Waals surface area contributed by atoms with E-state index in [0.717, 1.165) is 5.56 Å². The Labute approximate surface area is 144 Å². The highest BCUT2D eigenvalue weighted by atomic mass is 19.1. The van der Waals surface area contributed by atoms with Crippen molar-refractivity contribution in [1.82, 2.24) is 5.32 Å². The summed E-state index contributed by atoms with van der Waals surface area (Å²) in [5.41, 5.74) is 0.862. The van der Waals surface area contributed by atoms with Gasteiger partial charge in [-0.1, -0.05) is 36.4 Å². The normalized spacial score (nSPS) is 10.3. The number of halogens is 1. The topological polar surface area (TPSA) is 58.6 Å². The third kappa shape index (κ3) is 4.14. The van der Waals surface area contributed by atoms with Gasteiger partial charge in [-0.25, -0.2) is 4.39 Å². The number of amides is 1. The molecule has 0 atom stereocenters. The van der Waals surface area contributed by atoms with Crippen molar-refractivity contribution in [3.8, 4) is 17.2 Å². The fourth-order valence-corrected chi connectivity index (χ4v) is 2.28. The predicted octanol–water partition coefficient (Wildman–Crippen LogP) is 4.25. The van der Waals surface area contributed by atoms with E-state index >= 15 is 0 Å². The van der Waals surface area contributed by atoms with Crippen LogP contribution in [0.2, 0.25) is 0 Å². The van der Waals surface area contributed by atoms with Gasteiger partial charge in [-0.15, -0.1) is 0 Å². The summed E-state index contributed by atoms with van der Waals surface area (Å²) in [6.07, 6.45) is 0. The van der Waals surface area contributed by atoms with Crippen molar-refractivity contribution >= 4 is 5.91 Å². The lowest BCUT2D eigenvalue weighted by Gasteiger charge is -2.11. The Hall–Kier alpha value is -3.34. The second kappa shape index (κ2) is 7.49. The number of carbonyl (C=O) groups is 1. The van der Waals surface area contributed by atoms with Crippen LogP contribution in [0.5, 0.6) is 17.2 Å². The number of rotatable bonds is 5. The molecule has 0 heterocycles. The molecule has 0 aliphatic carbocycles. The summed E-state index contributed by atoms with van der Waals surface area (Å²) >= 11 is 0. The van der Waals surface area contributed by atoms with Gasteiger partial charge >= 0.3 is 0 Å². The van der Waals surface area contributed by atoms with E-state index in [1.54, 1.807) is 36.4 Å². The third-order valence-electron chi connectivity index (χ3n) is 3.58. The highest BCUT2D eigenvalue weighted by Gasteiger charge is 2.15. The zero-order chi connectivity index (χ0) is 17.6. The van der Waals surface area contributed by atoms with E-state index in [2.05, 4.69) is 5.32 Å². The van der Waals surface area contributed by atoms with Crippen LogP contribution in [-0.2, 0) is 6.54 Å². The molecule has 5 heteroatoms. The minimum absolute atomic E-state index is 0.107. The van der Waals surface area contributed by atoms with Crippen LogP contribution in [0.4, 0.5) is 4.39 Å². The summed E-state index contributed by atoms with van der Waals surface area (Å²) in [4.78, 5) is 12.3. The summed E-state index contributed by atoms with van der Waals surface area (Å²) in [5, 5.41) is 13.0. The molecule has 3 aromatic rings. The largest absolute Gasteiger partial charge is 0.504 e. The Bertz CT molecular complexity index is 864. The highest BCUT2D eigenvalue weighted by molar-refractivity contribution is 5.97. The smallest absolute Gasteiger partial charge is 0.255 e. The van der Waals surface area contributed by atoms with E-state index in [0.29, 0.717) is 5.75 Å². The van der Waals surface area contributed by atoms with Crippen molar-refractivity contribution in [3.05, 3.63) is 89.7 Å². The van der Waals surface area contributed by atoms with Gasteiger partial charge in [0.25, 0.3) is 5.91 Å². The van der Waals surface area contributed by atoms with E-state index in [-0.39, 0.29) is 29.4 Å². The van der Waals surface area contributed by atoms with Crippen LogP contribution in [0.25, 0.3) is 0 Å². The first-order valence-corrected chi connectivity index (χ1v) is 7.71. The Balaban J connectivity index is 1.72. The van der Waals surface area contributed by atoms with Gasteiger partial charge in [0.1, 0.15) is 11.6 Å².